The van der Waals surface area contributed by atoms with Crippen LogP contribution in [0.25, 0.3) is 11.3 Å². The van der Waals surface area contributed by atoms with Gasteiger partial charge in [-0.3, -0.25) is 0 Å². The molecule has 3 rings (SSSR count). The lowest BCUT2D eigenvalue weighted by molar-refractivity contribution is 0.198. The van der Waals surface area contributed by atoms with Crippen LogP contribution in [-0.4, -0.2) is 35.6 Å². The fraction of sp³-hybridized carbons (Fsp3) is 0.471. The summed E-state index contributed by atoms with van der Waals surface area (Å²) in [6, 6.07) is 11.0. The average Bonchev–Trinajstić information content (AvgIpc) is 3.03. The van der Waals surface area contributed by atoms with E-state index in [4.69, 9.17) is 4.98 Å². The first-order chi connectivity index (χ1) is 10.3. The summed E-state index contributed by atoms with van der Waals surface area (Å²) in [5.41, 5.74) is 2.30. The number of nitrogens with one attached hydrogen (secondary N) is 1. The molecule has 0 bridgehead atoms. The van der Waals surface area contributed by atoms with Crippen molar-refractivity contribution >= 4 is 11.3 Å². The zero-order valence-corrected chi connectivity index (χ0v) is 13.4. The Morgan fingerprint density at radius 1 is 1.33 bits per heavy atom. The van der Waals surface area contributed by atoms with E-state index in [-0.39, 0.29) is 0 Å². The summed E-state index contributed by atoms with van der Waals surface area (Å²) in [7, 11) is 0. The molecule has 0 radical (unpaired) electrons. The third-order valence-electron chi connectivity index (χ3n) is 4.12. The molecule has 112 valence electrons. The number of nitrogens with zero attached hydrogens (tertiary/aromatic N) is 2. The van der Waals surface area contributed by atoms with Crippen molar-refractivity contribution in [3.63, 3.8) is 0 Å². The molecular formula is C17H23N3S. The Balaban J connectivity index is 1.55. The standard InChI is InChI=1S/C17H23N3S/c1-2-20-10-6-9-15(12-20)18-11-17-19-16(13-21-17)14-7-4-3-5-8-14/h3-5,7-8,13,15,18H,2,6,9-12H2,1H3. The van der Waals surface area contributed by atoms with Crippen molar-refractivity contribution in [2.45, 2.75) is 32.4 Å². The maximum Gasteiger partial charge on any atom is 0.107 e. The molecule has 1 N–H and O–H groups in total. The number of likely N-dealkylation sites (N-methyl/N-ethyl adjacent to an activating group) is 1. The van der Waals surface area contributed by atoms with Crippen molar-refractivity contribution in [2.75, 3.05) is 19.6 Å². The van der Waals surface area contributed by atoms with Crippen LogP contribution in [0.15, 0.2) is 35.7 Å². The van der Waals surface area contributed by atoms with Crippen LogP contribution in [0.2, 0.25) is 0 Å². The van der Waals surface area contributed by atoms with Gasteiger partial charge in [-0.15, -0.1) is 11.3 Å². The largest absolute Gasteiger partial charge is 0.306 e. The Morgan fingerprint density at radius 3 is 3.00 bits per heavy atom. The summed E-state index contributed by atoms with van der Waals surface area (Å²) >= 11 is 1.75. The lowest BCUT2D eigenvalue weighted by Crippen LogP contribution is -2.45. The molecule has 1 atom stereocenters. The van der Waals surface area contributed by atoms with Crippen molar-refractivity contribution < 1.29 is 0 Å². The van der Waals surface area contributed by atoms with Crippen LogP contribution >= 0.6 is 11.3 Å². The van der Waals surface area contributed by atoms with E-state index in [9.17, 15) is 0 Å². The topological polar surface area (TPSA) is 28.2 Å². The van der Waals surface area contributed by atoms with Crippen LogP contribution in [0.3, 0.4) is 0 Å². The van der Waals surface area contributed by atoms with Gasteiger partial charge in [-0.25, -0.2) is 4.98 Å². The Kier molecular flexibility index (Phi) is 5.01. The molecule has 2 heterocycles. The Hall–Kier alpha value is -1.23. The maximum atomic E-state index is 4.75. The summed E-state index contributed by atoms with van der Waals surface area (Å²) in [5.74, 6) is 0. The monoisotopic (exact) mass is 301 g/mol. The molecule has 3 nitrogen and oxygen atoms in total. The number of rotatable bonds is 5. The summed E-state index contributed by atoms with van der Waals surface area (Å²) in [6.45, 7) is 6.72. The van der Waals surface area contributed by atoms with Crippen LogP contribution in [0.1, 0.15) is 24.8 Å². The molecular weight excluding hydrogens is 278 g/mol. The predicted octanol–water partition coefficient (Wildman–Crippen LogP) is 3.38. The number of aromatic nitrogens is 1. The van der Waals surface area contributed by atoms with Gasteiger partial charge < -0.3 is 10.2 Å². The van der Waals surface area contributed by atoms with Crippen molar-refractivity contribution in [1.29, 1.82) is 0 Å². The fourth-order valence-electron chi connectivity index (χ4n) is 2.87. The van der Waals surface area contributed by atoms with Crippen molar-refractivity contribution in [1.82, 2.24) is 15.2 Å². The first kappa shape index (κ1) is 14.7. The van der Waals surface area contributed by atoms with Crippen LogP contribution < -0.4 is 5.32 Å². The zero-order valence-electron chi connectivity index (χ0n) is 12.6. The van der Waals surface area contributed by atoms with Gasteiger partial charge in [-0.05, 0) is 25.9 Å². The summed E-state index contributed by atoms with van der Waals surface area (Å²) in [5, 5.41) is 7.01. The number of benzene rings is 1. The van der Waals surface area contributed by atoms with Crippen LogP contribution in [0.4, 0.5) is 0 Å². The molecule has 1 aromatic heterocycles. The maximum absolute atomic E-state index is 4.75. The first-order valence-corrected chi connectivity index (χ1v) is 8.68. The zero-order chi connectivity index (χ0) is 14.5. The summed E-state index contributed by atoms with van der Waals surface area (Å²) in [6.07, 6.45) is 2.59. The molecule has 0 spiro atoms. The van der Waals surface area contributed by atoms with E-state index in [1.54, 1.807) is 11.3 Å². The van der Waals surface area contributed by atoms with Gasteiger partial charge in [-0.1, -0.05) is 37.3 Å². The minimum atomic E-state index is 0.614. The predicted molar refractivity (Wildman–Crippen MR) is 89.5 cm³/mol. The van der Waals surface area contributed by atoms with Gasteiger partial charge in [-0.2, -0.15) is 0 Å². The number of hydrogen-bond donors (Lipinski definition) is 1. The SMILES string of the molecule is CCN1CCCC(NCc2nc(-c3ccccc3)cs2)C1. The minimum Gasteiger partial charge on any atom is -0.306 e. The number of piperidine rings is 1. The summed E-state index contributed by atoms with van der Waals surface area (Å²) < 4.78 is 0. The lowest BCUT2D eigenvalue weighted by atomic mass is 10.1. The molecule has 1 aliphatic heterocycles. The molecule has 1 saturated heterocycles. The normalized spacial score (nSPS) is 19.8. The highest BCUT2D eigenvalue weighted by atomic mass is 32.1. The quantitative estimate of drug-likeness (QED) is 0.917. The van der Waals surface area contributed by atoms with Crippen molar-refractivity contribution in [3.05, 3.63) is 40.7 Å². The van der Waals surface area contributed by atoms with Crippen LogP contribution in [0.5, 0.6) is 0 Å². The lowest BCUT2D eigenvalue weighted by Gasteiger charge is -2.32. The van der Waals surface area contributed by atoms with E-state index in [2.05, 4.69) is 46.8 Å². The molecule has 1 aromatic carbocycles. The number of hydrogen-bond acceptors (Lipinski definition) is 4. The van der Waals surface area contributed by atoms with Crippen LogP contribution in [-0.2, 0) is 6.54 Å². The van der Waals surface area contributed by atoms with Gasteiger partial charge in [0.1, 0.15) is 5.01 Å². The highest BCUT2D eigenvalue weighted by molar-refractivity contribution is 7.09. The molecule has 1 fully saturated rings. The molecule has 1 aliphatic rings. The number of likely N-dealkylation sites (tertiary alicyclic amines) is 1. The van der Waals surface area contributed by atoms with Crippen molar-refractivity contribution in [2.24, 2.45) is 0 Å². The molecule has 1 unspecified atom stereocenters. The Morgan fingerprint density at radius 2 is 2.19 bits per heavy atom. The van der Waals surface area contributed by atoms with Gasteiger partial charge in [0.25, 0.3) is 0 Å². The van der Waals surface area contributed by atoms with E-state index in [0.717, 1.165) is 18.8 Å². The highest BCUT2D eigenvalue weighted by Gasteiger charge is 2.18. The number of thiazole rings is 1. The smallest absolute Gasteiger partial charge is 0.107 e. The molecule has 0 saturated carbocycles. The average molecular weight is 301 g/mol. The van der Waals surface area contributed by atoms with Gasteiger partial charge in [0.15, 0.2) is 0 Å². The van der Waals surface area contributed by atoms with E-state index in [0.29, 0.717) is 6.04 Å². The summed E-state index contributed by atoms with van der Waals surface area (Å²) in [4.78, 5) is 7.27. The minimum absolute atomic E-state index is 0.614. The van der Waals surface area contributed by atoms with Gasteiger partial charge in [0, 0.05) is 30.1 Å². The molecule has 21 heavy (non-hydrogen) atoms. The van der Waals surface area contributed by atoms with Crippen LogP contribution in [0, 0.1) is 0 Å². The van der Waals surface area contributed by atoms with E-state index in [1.165, 1.54) is 36.5 Å². The second-order valence-electron chi connectivity index (χ2n) is 5.61. The molecule has 2 aromatic rings. The van der Waals surface area contributed by atoms with Gasteiger partial charge >= 0.3 is 0 Å². The molecule has 0 amide bonds. The Labute approximate surface area is 131 Å². The van der Waals surface area contributed by atoms with E-state index in [1.807, 2.05) is 6.07 Å². The van der Waals surface area contributed by atoms with Gasteiger partial charge in [0.05, 0.1) is 5.69 Å². The third kappa shape index (κ3) is 3.90. The third-order valence-corrected chi connectivity index (χ3v) is 4.96. The van der Waals surface area contributed by atoms with Crippen molar-refractivity contribution in [3.8, 4) is 11.3 Å². The molecule has 0 aliphatic carbocycles. The first-order valence-electron chi connectivity index (χ1n) is 7.80. The molecule has 4 heteroatoms. The van der Waals surface area contributed by atoms with Gasteiger partial charge in [0.2, 0.25) is 0 Å². The second-order valence-corrected chi connectivity index (χ2v) is 6.55. The van der Waals surface area contributed by atoms with E-state index < -0.39 is 0 Å². The second kappa shape index (κ2) is 7.16. The van der Waals surface area contributed by atoms with E-state index >= 15 is 0 Å². The Bertz CT molecular complexity index is 552. The fourth-order valence-corrected chi connectivity index (χ4v) is 3.63. The highest BCUT2D eigenvalue weighted by Crippen LogP contribution is 2.21.